The van der Waals surface area contributed by atoms with Crippen LogP contribution in [0.3, 0.4) is 0 Å². The average Bonchev–Trinajstić information content (AvgIpc) is 1.61. The third-order valence-corrected chi connectivity index (χ3v) is 18.0. The van der Waals surface area contributed by atoms with Gasteiger partial charge in [0.25, 0.3) is 0 Å². The quantitative estimate of drug-likeness (QED) is 0.0325. The van der Waals surface area contributed by atoms with Crippen LogP contribution >= 0.6 is 13.4 Å². The lowest BCUT2D eigenvalue weighted by Gasteiger charge is -2.38. The van der Waals surface area contributed by atoms with Gasteiger partial charge in [-0.1, -0.05) is 25.8 Å². The normalized spacial score (nSPS) is 29.4. The summed E-state index contributed by atoms with van der Waals surface area (Å²) in [6.07, 6.45) is -18.0. The molecular weight excluding hydrogens is 1310 g/mol. The highest BCUT2D eigenvalue weighted by Gasteiger charge is 2.54. The summed E-state index contributed by atoms with van der Waals surface area (Å²) in [4.78, 5) is 123. The number of nitrogen functional groups attached to an aromatic ring is 1. The molecule has 41 heteroatoms. The molecule has 0 aliphatic carbocycles. The highest BCUT2D eigenvalue weighted by Crippen LogP contribution is 2.55. The number of amides is 4. The molecule has 4 saturated heterocycles. The summed E-state index contributed by atoms with van der Waals surface area (Å²) in [6, 6.07) is 4.09. The summed E-state index contributed by atoms with van der Waals surface area (Å²) in [5, 5.41) is 57.7. The number of carboxylic acids is 2. The van der Waals surface area contributed by atoms with Gasteiger partial charge in [0.05, 0.1) is 37.5 Å². The molecule has 502 valence electrons. The standard InChI is InChI=1S/C51H65F2N13O22P2S2/c1-23(48(73)74)14-31(69)55-12-6-4-3-5-8-29(67)62-25-15-24(10-11-26(25)85-50-38(72)36(70)37(71)41(86-50)49(75)76)16-80-51(77)64(2)13-7-9-30(68)63-43-35-45(59-20-57-43)66(22-61-35)47-33(53)40-28(84-47)18-82-89(78,91)87-39-27(17-81-90(79,92)88-40)83-46(32(39)52)65-21-60-34-42(54)56-19-58-44(34)65/h10-11,15,19-23,27-28,32-33,36-41,46-47,50,70-72H,3-9,12-14,16-18H2,1-2H3,(H,55,69)(H,62,67)(H,73,74)(H,75,76)(H,78,91)(H,79,92)(H2,54,56,58)(H,57,59,63,68)/t23?,27-,28-,32-,33-,36+,37+,38-,39-,40-,41+,46-,47-,50-,89?,90?/m1/s1. The van der Waals surface area contributed by atoms with Gasteiger partial charge in [0.15, 0.2) is 59.3 Å². The molecule has 5 aromatic rings. The number of aliphatic hydroxyl groups is 3. The van der Waals surface area contributed by atoms with Crippen LogP contribution in [0.15, 0.2) is 43.5 Å². The minimum absolute atomic E-state index is 0.00411. The third kappa shape index (κ3) is 16.8. The highest BCUT2D eigenvalue weighted by molar-refractivity contribution is 8.07. The van der Waals surface area contributed by atoms with E-state index in [4.69, 9.17) is 76.2 Å². The second kappa shape index (κ2) is 30.1. The Bertz CT molecular complexity index is 3630. The molecule has 9 rings (SSSR count). The number of unbranched alkanes of at least 4 members (excludes halogenated alkanes) is 3. The number of rotatable bonds is 23. The molecule has 0 bridgehead atoms. The number of aliphatic hydroxyl groups excluding tert-OH is 3. The van der Waals surface area contributed by atoms with Crippen molar-refractivity contribution in [3.05, 3.63) is 49.1 Å². The predicted molar refractivity (Wildman–Crippen MR) is 316 cm³/mol. The van der Waals surface area contributed by atoms with E-state index >= 15 is 8.78 Å². The summed E-state index contributed by atoms with van der Waals surface area (Å²) < 4.78 is 86.4. The van der Waals surface area contributed by atoms with Crippen LogP contribution in [0.4, 0.5) is 30.9 Å². The van der Waals surface area contributed by atoms with Gasteiger partial charge in [0.2, 0.25) is 24.0 Å². The van der Waals surface area contributed by atoms with Gasteiger partial charge >= 0.3 is 31.5 Å². The molecule has 4 amide bonds. The number of benzene rings is 1. The molecule has 12 N–H and O–H groups in total. The molecule has 4 aliphatic heterocycles. The Balaban J connectivity index is 0.771. The number of hydrogen-bond donors (Lipinski definition) is 11. The maximum Gasteiger partial charge on any atom is 0.409 e. The highest BCUT2D eigenvalue weighted by atomic mass is 32.5. The van der Waals surface area contributed by atoms with Crippen LogP contribution in [0.25, 0.3) is 22.3 Å². The molecular formula is C51H65F2N13O22P2S2. The number of imidazole rings is 2. The molecule has 1 aromatic carbocycles. The van der Waals surface area contributed by atoms with E-state index in [-0.39, 0.29) is 84.2 Å². The number of nitrogens with zero attached hydrogens (tertiary/aromatic N) is 9. The third-order valence-electron chi connectivity index (χ3n) is 14.9. The van der Waals surface area contributed by atoms with Crippen LogP contribution in [-0.4, -0.2) is 216 Å². The van der Waals surface area contributed by atoms with Crippen molar-refractivity contribution >= 4 is 112 Å². The summed E-state index contributed by atoms with van der Waals surface area (Å²) in [5.74, 6) is -5.32. The minimum Gasteiger partial charge on any atom is -0.481 e. The topological polar surface area (TPSA) is 480 Å². The predicted octanol–water partition coefficient (Wildman–Crippen LogP) is 1.34. The molecule has 4 fully saturated rings. The molecule has 35 nitrogen and oxygen atoms in total. The fourth-order valence-electron chi connectivity index (χ4n) is 10.0. The van der Waals surface area contributed by atoms with Crippen molar-refractivity contribution < 1.29 is 115 Å². The Kier molecular flexibility index (Phi) is 22.8. The first-order valence-corrected chi connectivity index (χ1v) is 33.6. The number of carbonyl (C=O) groups excluding carboxylic acids is 4. The molecule has 92 heavy (non-hydrogen) atoms. The van der Waals surface area contributed by atoms with Crippen LogP contribution in [0.1, 0.15) is 76.3 Å². The van der Waals surface area contributed by atoms with Gasteiger partial charge in [-0.2, -0.15) is 0 Å². The fourth-order valence-corrected chi connectivity index (χ4v) is 12.9. The van der Waals surface area contributed by atoms with E-state index in [1.165, 1.54) is 48.0 Å². The first-order valence-electron chi connectivity index (χ1n) is 28.4. The molecule has 4 aromatic heterocycles. The number of carbonyl (C=O) groups is 6. The summed E-state index contributed by atoms with van der Waals surface area (Å²) in [5.41, 5.74) is 6.34. The van der Waals surface area contributed by atoms with Crippen LogP contribution in [0, 0.1) is 5.92 Å². The van der Waals surface area contributed by atoms with Gasteiger partial charge in [0, 0.05) is 39.4 Å². The van der Waals surface area contributed by atoms with Crippen molar-refractivity contribution in [3.8, 4) is 5.75 Å². The Morgan fingerprint density at radius 3 is 1.98 bits per heavy atom. The number of aromatic nitrogens is 8. The van der Waals surface area contributed by atoms with Crippen LogP contribution in [-0.2, 0) is 91.2 Å². The number of nitrogens with two attached hydrogens (primary N) is 1. The maximum absolute atomic E-state index is 16.8. The number of alkyl halides is 2. The average molecular weight is 1380 g/mol. The van der Waals surface area contributed by atoms with Crippen LogP contribution < -0.4 is 26.4 Å². The minimum atomic E-state index is -4.44. The number of nitrogens with one attached hydrogen (secondary N) is 3. The largest absolute Gasteiger partial charge is 0.481 e. The van der Waals surface area contributed by atoms with Gasteiger partial charge in [-0.05, 0) is 60.6 Å². The number of carboxylic acid groups (broad SMARTS) is 2. The number of hydrogen-bond acceptors (Lipinski definition) is 27. The zero-order chi connectivity index (χ0) is 66.3. The maximum atomic E-state index is 16.8. The monoisotopic (exact) mass is 1380 g/mol. The van der Waals surface area contributed by atoms with Crippen LogP contribution in [0.5, 0.6) is 5.75 Å². The molecule has 8 heterocycles. The molecule has 0 spiro atoms. The summed E-state index contributed by atoms with van der Waals surface area (Å²) in [6.45, 7) is -8.95. The first kappa shape index (κ1) is 69.6. The van der Waals surface area contributed by atoms with Crippen molar-refractivity contribution in [3.63, 3.8) is 0 Å². The van der Waals surface area contributed by atoms with E-state index < -0.39 is 148 Å². The fraction of sp³-hybridized carbons (Fsp3) is 0.569. The Hall–Kier alpha value is -6.78. The Morgan fingerprint density at radius 2 is 1.35 bits per heavy atom. The van der Waals surface area contributed by atoms with Crippen molar-refractivity contribution in [2.45, 2.75) is 145 Å². The lowest BCUT2D eigenvalue weighted by molar-refractivity contribution is -0.271. The second-order valence-electron chi connectivity index (χ2n) is 21.6. The SMILES string of the molecule is CC(CC(=O)NCCCCCCC(=O)Nc1cc(COC(=O)N(C)CCCC(=O)Nc2ncnc3c2ncn3[C@@H]2O[C@@H]3COP(O)(=S)O[C@H]4[C@@H](F)[C@H](n5cnc6c(N)ncnc65)O[C@@H]4COP(O)(=S)O[C@H]3[C@H]2F)ccc1O[C@@H]1O[C@H](C(=O)O)[C@@H](O)[C@H](O)[C@H]1O)C(=O)O. The van der Waals surface area contributed by atoms with E-state index in [1.54, 1.807) is 0 Å². The lowest BCUT2D eigenvalue weighted by Crippen LogP contribution is -2.61. The second-order valence-corrected chi connectivity index (χ2v) is 27.2. The first-order chi connectivity index (χ1) is 43.7. The van der Waals surface area contributed by atoms with Gasteiger partial charge < -0.3 is 94.6 Å². The molecule has 4 aliphatic rings. The number of ether oxygens (including phenoxy) is 5. The molecule has 0 saturated carbocycles. The summed E-state index contributed by atoms with van der Waals surface area (Å²) >= 11 is 10.5. The number of halogens is 2. The van der Waals surface area contributed by atoms with E-state index in [1.807, 2.05) is 0 Å². The van der Waals surface area contributed by atoms with Crippen LogP contribution in [0.2, 0.25) is 0 Å². The number of aliphatic carboxylic acids is 2. The molecule has 3 unspecified atom stereocenters. The van der Waals surface area contributed by atoms with E-state index in [0.29, 0.717) is 37.8 Å². The van der Waals surface area contributed by atoms with E-state index in [2.05, 4.69) is 45.9 Å². The lowest BCUT2D eigenvalue weighted by atomic mass is 9.99. The van der Waals surface area contributed by atoms with Crippen molar-refractivity contribution in [1.29, 1.82) is 0 Å². The Morgan fingerprint density at radius 1 is 0.761 bits per heavy atom. The van der Waals surface area contributed by atoms with Gasteiger partial charge in [-0.25, -0.2) is 48.3 Å². The molecule has 16 atom stereocenters. The van der Waals surface area contributed by atoms with E-state index in [9.17, 15) is 59.0 Å². The van der Waals surface area contributed by atoms with Gasteiger partial charge in [-0.3, -0.25) is 37.4 Å². The van der Waals surface area contributed by atoms with Gasteiger partial charge in [0.1, 0.15) is 73.3 Å². The zero-order valence-corrected chi connectivity index (χ0v) is 52.1. The van der Waals surface area contributed by atoms with Crippen molar-refractivity contribution in [1.82, 2.24) is 49.3 Å². The van der Waals surface area contributed by atoms with E-state index in [0.717, 1.165) is 23.5 Å². The molecule has 0 radical (unpaired) electrons. The Labute approximate surface area is 529 Å². The smallest absolute Gasteiger partial charge is 0.409 e. The zero-order valence-electron chi connectivity index (χ0n) is 48.6. The van der Waals surface area contributed by atoms with Crippen molar-refractivity contribution in [2.24, 2.45) is 5.92 Å². The number of anilines is 3. The van der Waals surface area contributed by atoms with Gasteiger partial charge in [-0.15, -0.1) is 0 Å². The van der Waals surface area contributed by atoms with Crippen molar-refractivity contribution in [2.75, 3.05) is 49.7 Å². The summed E-state index contributed by atoms with van der Waals surface area (Å²) in [7, 11) is 1.41. The number of fused-ring (bicyclic) bond motifs is 4.